The van der Waals surface area contributed by atoms with E-state index in [4.69, 9.17) is 13.9 Å². The third-order valence-electron chi connectivity index (χ3n) is 5.18. The van der Waals surface area contributed by atoms with E-state index in [1.165, 1.54) is 11.8 Å². The molecule has 0 saturated carbocycles. The summed E-state index contributed by atoms with van der Waals surface area (Å²) in [5.74, 6) is 3.84. The molecule has 0 bridgehead atoms. The summed E-state index contributed by atoms with van der Waals surface area (Å²) in [6, 6.07) is 13.7. The number of amides is 1. The third kappa shape index (κ3) is 5.05. The minimum Gasteiger partial charge on any atom is -0.486 e. The maximum atomic E-state index is 12.4. The number of thioether (sulfide) groups is 1. The zero-order valence-corrected chi connectivity index (χ0v) is 18.8. The molecule has 2 heterocycles. The van der Waals surface area contributed by atoms with Gasteiger partial charge in [-0.05, 0) is 50.1 Å². The van der Waals surface area contributed by atoms with Gasteiger partial charge in [-0.2, -0.15) is 0 Å². The maximum Gasteiger partial charge on any atom is 0.230 e. The molecule has 0 fully saturated rings. The normalized spacial score (nSPS) is 13.6. The summed E-state index contributed by atoms with van der Waals surface area (Å²) in [5.41, 5.74) is 3.97. The van der Waals surface area contributed by atoms with Crippen LogP contribution in [0.4, 0.5) is 0 Å². The van der Waals surface area contributed by atoms with E-state index in [9.17, 15) is 4.79 Å². The van der Waals surface area contributed by atoms with Gasteiger partial charge in [0.1, 0.15) is 19.0 Å². The average molecular weight is 439 g/mol. The number of carbonyl (C=O) groups excluding carboxylic acids is 1. The molecule has 1 aliphatic heterocycles. The molecule has 31 heavy (non-hydrogen) atoms. The first-order valence-corrected chi connectivity index (χ1v) is 11.5. The lowest BCUT2D eigenvalue weighted by Crippen LogP contribution is -2.28. The van der Waals surface area contributed by atoms with E-state index in [0.717, 1.165) is 39.6 Å². The van der Waals surface area contributed by atoms with Crippen LogP contribution >= 0.6 is 11.8 Å². The number of hydrogen-bond donors (Lipinski definition) is 1. The highest BCUT2D eigenvalue weighted by atomic mass is 32.2. The van der Waals surface area contributed by atoms with Crippen LogP contribution in [0.5, 0.6) is 11.5 Å². The van der Waals surface area contributed by atoms with Crippen LogP contribution in [0.15, 0.2) is 46.9 Å². The molecule has 0 aliphatic carbocycles. The van der Waals surface area contributed by atoms with E-state index in [2.05, 4.69) is 10.3 Å². The molecule has 4 rings (SSSR count). The van der Waals surface area contributed by atoms with E-state index in [0.29, 0.717) is 30.6 Å². The highest BCUT2D eigenvalue weighted by Gasteiger charge is 2.17. The molecule has 0 unspecified atom stereocenters. The number of aromatic nitrogens is 1. The molecule has 0 radical (unpaired) electrons. The Morgan fingerprint density at radius 2 is 1.90 bits per heavy atom. The fourth-order valence-electron chi connectivity index (χ4n) is 3.43. The number of fused-ring (bicyclic) bond motifs is 1. The summed E-state index contributed by atoms with van der Waals surface area (Å²) in [4.78, 5) is 17.1. The molecule has 2 aromatic carbocycles. The molecule has 0 saturated heterocycles. The van der Waals surface area contributed by atoms with Crippen molar-refractivity contribution in [3.8, 4) is 23.0 Å². The molecule has 0 spiro atoms. The fraction of sp³-hybridized carbons (Fsp3) is 0.333. The molecular weight excluding hydrogens is 412 g/mol. The first kappa shape index (κ1) is 21.3. The van der Waals surface area contributed by atoms with Gasteiger partial charge in [0.15, 0.2) is 11.5 Å². The van der Waals surface area contributed by atoms with Crippen LogP contribution in [0.25, 0.3) is 11.5 Å². The van der Waals surface area contributed by atoms with Gasteiger partial charge in [-0.15, -0.1) is 11.8 Å². The van der Waals surface area contributed by atoms with E-state index in [1.807, 2.05) is 63.2 Å². The van der Waals surface area contributed by atoms with Gasteiger partial charge in [-0.25, -0.2) is 4.98 Å². The van der Waals surface area contributed by atoms with Crippen molar-refractivity contribution in [2.75, 3.05) is 19.0 Å². The summed E-state index contributed by atoms with van der Waals surface area (Å²) >= 11 is 1.52. The zero-order valence-electron chi connectivity index (χ0n) is 17.9. The summed E-state index contributed by atoms with van der Waals surface area (Å²) in [5, 5.41) is 3.04. The number of oxazole rings is 1. The third-order valence-corrected chi connectivity index (χ3v) is 6.13. The average Bonchev–Trinajstić information content (AvgIpc) is 3.14. The number of hydrogen-bond acceptors (Lipinski definition) is 6. The lowest BCUT2D eigenvalue weighted by atomic mass is 10.1. The second kappa shape index (κ2) is 9.47. The lowest BCUT2D eigenvalue weighted by molar-refractivity contribution is -0.119. The van der Waals surface area contributed by atoms with Crippen LogP contribution in [0.3, 0.4) is 0 Å². The Kier molecular flexibility index (Phi) is 6.51. The van der Waals surface area contributed by atoms with Crippen LogP contribution in [-0.2, 0) is 10.5 Å². The van der Waals surface area contributed by atoms with Crippen molar-refractivity contribution in [1.82, 2.24) is 10.3 Å². The van der Waals surface area contributed by atoms with Crippen LogP contribution in [0, 0.1) is 13.8 Å². The first-order chi connectivity index (χ1) is 15.0. The van der Waals surface area contributed by atoms with Crippen LogP contribution in [0.1, 0.15) is 35.5 Å². The van der Waals surface area contributed by atoms with E-state index in [-0.39, 0.29) is 11.9 Å². The standard InChI is InChI=1S/C24H26N2O4S/c1-15-6-4-5-7-19(15)24-26-20(17(3)30-24)13-31-14-23(27)25-16(2)18-8-9-21-22(12-18)29-11-10-28-21/h4-9,12,16H,10-11,13-14H2,1-3H3,(H,25,27)/t16-/m0/s1. The van der Waals surface area contributed by atoms with Crippen molar-refractivity contribution >= 4 is 17.7 Å². The monoisotopic (exact) mass is 438 g/mol. The summed E-state index contributed by atoms with van der Waals surface area (Å²) in [7, 11) is 0. The van der Waals surface area contributed by atoms with Crippen molar-refractivity contribution < 1.29 is 18.7 Å². The van der Waals surface area contributed by atoms with E-state index in [1.54, 1.807) is 0 Å². The topological polar surface area (TPSA) is 73.6 Å². The Labute approximate surface area is 186 Å². The second-order valence-corrected chi connectivity index (χ2v) is 8.51. The minimum absolute atomic E-state index is 0.0207. The lowest BCUT2D eigenvalue weighted by Gasteiger charge is -2.21. The summed E-state index contributed by atoms with van der Waals surface area (Å²) in [6.07, 6.45) is 0. The first-order valence-electron chi connectivity index (χ1n) is 10.3. The molecule has 6 nitrogen and oxygen atoms in total. The molecule has 3 aromatic rings. The molecule has 1 amide bonds. The second-order valence-electron chi connectivity index (χ2n) is 7.52. The van der Waals surface area contributed by atoms with Gasteiger partial charge >= 0.3 is 0 Å². The van der Waals surface area contributed by atoms with Crippen LogP contribution in [-0.4, -0.2) is 29.9 Å². The fourth-order valence-corrected chi connectivity index (χ4v) is 4.26. The van der Waals surface area contributed by atoms with Crippen molar-refractivity contribution in [2.24, 2.45) is 0 Å². The number of aryl methyl sites for hydroxylation is 2. The summed E-state index contributed by atoms with van der Waals surface area (Å²) in [6.45, 7) is 7.02. The number of rotatable bonds is 7. The maximum absolute atomic E-state index is 12.4. The Balaban J connectivity index is 1.30. The van der Waals surface area contributed by atoms with Gasteiger partial charge in [-0.1, -0.05) is 24.3 Å². The largest absolute Gasteiger partial charge is 0.486 e. The number of nitrogens with one attached hydrogen (secondary N) is 1. The van der Waals surface area contributed by atoms with Gasteiger partial charge in [0.05, 0.1) is 17.5 Å². The Morgan fingerprint density at radius 1 is 1.13 bits per heavy atom. The van der Waals surface area contributed by atoms with Gasteiger partial charge in [0.2, 0.25) is 11.8 Å². The quantitative estimate of drug-likeness (QED) is 0.569. The van der Waals surface area contributed by atoms with Crippen LogP contribution in [0.2, 0.25) is 0 Å². The van der Waals surface area contributed by atoms with E-state index >= 15 is 0 Å². The highest BCUT2D eigenvalue weighted by Crippen LogP contribution is 2.32. The predicted molar refractivity (Wildman–Crippen MR) is 122 cm³/mol. The van der Waals surface area contributed by atoms with Gasteiger partial charge in [-0.3, -0.25) is 4.79 Å². The van der Waals surface area contributed by atoms with E-state index < -0.39 is 0 Å². The van der Waals surface area contributed by atoms with Gasteiger partial charge in [0.25, 0.3) is 0 Å². The molecule has 1 N–H and O–H groups in total. The zero-order chi connectivity index (χ0) is 21.8. The number of nitrogens with zero attached hydrogens (tertiary/aromatic N) is 1. The van der Waals surface area contributed by atoms with Crippen molar-refractivity contribution in [3.63, 3.8) is 0 Å². The molecule has 1 aromatic heterocycles. The van der Waals surface area contributed by atoms with Crippen LogP contribution < -0.4 is 14.8 Å². The predicted octanol–water partition coefficient (Wildman–Crippen LogP) is 4.84. The smallest absolute Gasteiger partial charge is 0.230 e. The highest BCUT2D eigenvalue weighted by molar-refractivity contribution is 7.99. The Hall–Kier alpha value is -2.93. The molecule has 7 heteroatoms. The van der Waals surface area contributed by atoms with Crippen molar-refractivity contribution in [1.29, 1.82) is 0 Å². The van der Waals surface area contributed by atoms with Crippen molar-refractivity contribution in [2.45, 2.75) is 32.6 Å². The van der Waals surface area contributed by atoms with Gasteiger partial charge in [0, 0.05) is 11.3 Å². The summed E-state index contributed by atoms with van der Waals surface area (Å²) < 4.78 is 17.0. The number of ether oxygens (including phenoxy) is 2. The van der Waals surface area contributed by atoms with Crippen molar-refractivity contribution in [3.05, 3.63) is 65.0 Å². The number of carbonyl (C=O) groups is 1. The SMILES string of the molecule is Cc1ccccc1-c1nc(CSCC(=O)N[C@@H](C)c2ccc3c(c2)OCCO3)c(C)o1. The number of benzene rings is 2. The Morgan fingerprint density at radius 3 is 2.71 bits per heavy atom. The minimum atomic E-state index is -0.120. The van der Waals surface area contributed by atoms with Gasteiger partial charge < -0.3 is 19.2 Å². The Bertz CT molecular complexity index is 1080. The molecule has 1 atom stereocenters. The molecule has 1 aliphatic rings. The molecular formula is C24H26N2O4S. The molecule has 162 valence electrons.